The van der Waals surface area contributed by atoms with Gasteiger partial charge < -0.3 is 11.1 Å². The lowest BCUT2D eigenvalue weighted by molar-refractivity contribution is -0.133. The Morgan fingerprint density at radius 1 is 1.43 bits per heavy atom. The molecule has 0 saturated carbocycles. The fourth-order valence-corrected chi connectivity index (χ4v) is 2.09. The predicted octanol–water partition coefficient (Wildman–Crippen LogP) is 0.914. The molecule has 0 aliphatic carbocycles. The largest absolute Gasteiger partial charge is 0.374 e. The van der Waals surface area contributed by atoms with Crippen molar-refractivity contribution in [3.63, 3.8) is 0 Å². The molecule has 1 aromatic rings. The van der Waals surface area contributed by atoms with Gasteiger partial charge in [0.1, 0.15) is 6.04 Å². The van der Waals surface area contributed by atoms with Crippen molar-refractivity contribution >= 4 is 35.8 Å². The zero-order chi connectivity index (χ0) is 14.7. The minimum atomic E-state index is -0.438. The van der Waals surface area contributed by atoms with Crippen LogP contribution in [-0.2, 0) is 14.4 Å². The number of anilines is 1. The molecule has 21 heavy (non-hydrogen) atoms. The van der Waals surface area contributed by atoms with Crippen LogP contribution >= 0.6 is 12.4 Å². The van der Waals surface area contributed by atoms with E-state index in [9.17, 15) is 14.4 Å². The summed E-state index contributed by atoms with van der Waals surface area (Å²) >= 11 is 0. The van der Waals surface area contributed by atoms with Gasteiger partial charge in [0, 0.05) is 12.1 Å². The maximum absolute atomic E-state index is 11.7. The molecule has 1 aromatic carbocycles. The molecule has 3 amide bonds. The first kappa shape index (κ1) is 17.0. The third-order valence-electron chi connectivity index (χ3n) is 3.39. The predicted molar refractivity (Wildman–Crippen MR) is 81.1 cm³/mol. The van der Waals surface area contributed by atoms with E-state index in [1.54, 1.807) is 25.1 Å². The monoisotopic (exact) mass is 311 g/mol. The van der Waals surface area contributed by atoms with Crippen molar-refractivity contribution in [3.05, 3.63) is 29.8 Å². The highest BCUT2D eigenvalue weighted by Crippen LogP contribution is 2.20. The van der Waals surface area contributed by atoms with Gasteiger partial charge in [0.2, 0.25) is 17.7 Å². The van der Waals surface area contributed by atoms with Gasteiger partial charge in [-0.1, -0.05) is 12.1 Å². The highest BCUT2D eigenvalue weighted by Gasteiger charge is 2.26. The molecule has 0 bridgehead atoms. The average Bonchev–Trinajstić information content (AvgIpc) is 2.41. The summed E-state index contributed by atoms with van der Waals surface area (Å²) in [5, 5.41) is 5.36. The molecule has 0 spiro atoms. The first-order valence-electron chi connectivity index (χ1n) is 6.47. The fourth-order valence-electron chi connectivity index (χ4n) is 2.09. The Balaban J connectivity index is 0.00000220. The summed E-state index contributed by atoms with van der Waals surface area (Å²) in [6, 6.07) is 6.76. The van der Waals surface area contributed by atoms with E-state index in [0.29, 0.717) is 12.8 Å². The maximum atomic E-state index is 11.7. The molecule has 1 heterocycles. The summed E-state index contributed by atoms with van der Waals surface area (Å²) in [6.07, 6.45) is 0.779. The average molecular weight is 312 g/mol. The molecule has 1 fully saturated rings. The normalized spacial score (nSPS) is 19.2. The Hall–Kier alpha value is -2.08. The quantitative estimate of drug-likeness (QED) is 0.719. The molecule has 1 aliphatic rings. The molecule has 1 aliphatic heterocycles. The molecule has 114 valence electrons. The van der Waals surface area contributed by atoms with E-state index in [2.05, 4.69) is 10.6 Å². The second-order valence-electron chi connectivity index (χ2n) is 4.90. The minimum Gasteiger partial charge on any atom is -0.374 e. The molecule has 1 saturated heterocycles. The Morgan fingerprint density at radius 3 is 2.76 bits per heavy atom. The van der Waals surface area contributed by atoms with Gasteiger partial charge in [-0.25, -0.2) is 0 Å². The fraction of sp³-hybridized carbons (Fsp3) is 0.357. The second-order valence-corrected chi connectivity index (χ2v) is 4.90. The summed E-state index contributed by atoms with van der Waals surface area (Å²) in [7, 11) is 0. The molecule has 2 unspecified atom stereocenters. The molecule has 0 radical (unpaired) electrons. The zero-order valence-corrected chi connectivity index (χ0v) is 12.4. The summed E-state index contributed by atoms with van der Waals surface area (Å²) in [5.41, 5.74) is 6.79. The first-order chi connectivity index (χ1) is 9.47. The molecular formula is C14H18ClN3O3. The van der Waals surface area contributed by atoms with Crippen molar-refractivity contribution in [3.8, 4) is 0 Å². The number of carbonyl (C=O) groups excluding carboxylic acids is 3. The number of nitrogens with one attached hydrogen (secondary N) is 2. The van der Waals surface area contributed by atoms with Gasteiger partial charge in [0.05, 0.1) is 5.92 Å². The van der Waals surface area contributed by atoms with Gasteiger partial charge in [0.15, 0.2) is 0 Å². The molecule has 6 nitrogen and oxygen atoms in total. The molecule has 7 heteroatoms. The van der Waals surface area contributed by atoms with Crippen LogP contribution in [0.15, 0.2) is 24.3 Å². The lowest BCUT2D eigenvalue weighted by Crippen LogP contribution is -2.47. The van der Waals surface area contributed by atoms with Crippen LogP contribution < -0.4 is 16.4 Å². The van der Waals surface area contributed by atoms with Crippen molar-refractivity contribution in [2.75, 3.05) is 5.32 Å². The zero-order valence-electron chi connectivity index (χ0n) is 11.6. The Morgan fingerprint density at radius 2 is 2.14 bits per heavy atom. The maximum Gasteiger partial charge on any atom is 0.249 e. The standard InChI is InChI=1S/C14H17N3O3.ClH/c1-8(13(15)19)9-3-2-4-10(7-9)16-11-5-6-12(18)17-14(11)20;/h2-4,7-8,11,16H,5-6H2,1H3,(H2,15,19)(H,17,18,20);1H. The van der Waals surface area contributed by atoms with Crippen molar-refractivity contribution in [2.45, 2.75) is 31.7 Å². The number of benzene rings is 1. The van der Waals surface area contributed by atoms with Crippen LogP contribution in [0, 0.1) is 0 Å². The van der Waals surface area contributed by atoms with Gasteiger partial charge in [0.25, 0.3) is 0 Å². The van der Waals surface area contributed by atoms with E-state index in [1.807, 2.05) is 6.07 Å². The number of nitrogens with two attached hydrogens (primary N) is 1. The lowest BCUT2D eigenvalue weighted by Gasteiger charge is -2.23. The molecule has 2 atom stereocenters. The Kier molecular flexibility index (Phi) is 5.72. The van der Waals surface area contributed by atoms with Crippen LogP contribution in [0.2, 0.25) is 0 Å². The molecule has 4 N–H and O–H groups in total. The summed E-state index contributed by atoms with van der Waals surface area (Å²) in [4.78, 5) is 33.9. The molecular weight excluding hydrogens is 294 g/mol. The summed E-state index contributed by atoms with van der Waals surface area (Å²) < 4.78 is 0. The third-order valence-corrected chi connectivity index (χ3v) is 3.39. The number of primary amides is 1. The van der Waals surface area contributed by atoms with Crippen LogP contribution in [0.25, 0.3) is 0 Å². The number of rotatable bonds is 4. The van der Waals surface area contributed by atoms with Crippen molar-refractivity contribution in [1.82, 2.24) is 5.32 Å². The highest BCUT2D eigenvalue weighted by atomic mass is 35.5. The SMILES string of the molecule is CC(C(N)=O)c1cccc(NC2CCC(=O)NC2=O)c1.Cl. The van der Waals surface area contributed by atoms with Gasteiger partial charge in [-0.3, -0.25) is 19.7 Å². The first-order valence-corrected chi connectivity index (χ1v) is 6.47. The number of amides is 3. The van der Waals surface area contributed by atoms with Crippen LogP contribution in [0.4, 0.5) is 5.69 Å². The van der Waals surface area contributed by atoms with Crippen LogP contribution in [0.3, 0.4) is 0 Å². The van der Waals surface area contributed by atoms with Gasteiger partial charge in [-0.05, 0) is 31.0 Å². The second kappa shape index (κ2) is 7.08. The summed E-state index contributed by atoms with van der Waals surface area (Å²) in [5.74, 6) is -1.36. The van der Waals surface area contributed by atoms with Crippen LogP contribution in [0.1, 0.15) is 31.2 Å². The van der Waals surface area contributed by atoms with E-state index >= 15 is 0 Å². The van der Waals surface area contributed by atoms with E-state index in [-0.39, 0.29) is 24.2 Å². The van der Waals surface area contributed by atoms with Gasteiger partial charge >= 0.3 is 0 Å². The lowest BCUT2D eigenvalue weighted by atomic mass is 9.99. The van der Waals surface area contributed by atoms with Gasteiger partial charge in [-0.2, -0.15) is 0 Å². The van der Waals surface area contributed by atoms with Gasteiger partial charge in [-0.15, -0.1) is 12.4 Å². The number of hydrogen-bond donors (Lipinski definition) is 3. The van der Waals surface area contributed by atoms with E-state index < -0.39 is 17.9 Å². The van der Waals surface area contributed by atoms with Crippen molar-refractivity contribution < 1.29 is 14.4 Å². The Bertz CT molecular complexity index is 562. The highest BCUT2D eigenvalue weighted by molar-refractivity contribution is 6.01. The number of imide groups is 1. The number of halogens is 1. The van der Waals surface area contributed by atoms with Crippen molar-refractivity contribution in [1.29, 1.82) is 0 Å². The van der Waals surface area contributed by atoms with Crippen LogP contribution in [-0.4, -0.2) is 23.8 Å². The number of carbonyl (C=O) groups is 3. The minimum absolute atomic E-state index is 0. The molecule has 2 rings (SSSR count). The van der Waals surface area contributed by atoms with Crippen molar-refractivity contribution in [2.24, 2.45) is 5.73 Å². The number of hydrogen-bond acceptors (Lipinski definition) is 4. The van der Waals surface area contributed by atoms with E-state index in [0.717, 1.165) is 11.3 Å². The summed E-state index contributed by atoms with van der Waals surface area (Å²) in [6.45, 7) is 1.73. The smallest absolute Gasteiger partial charge is 0.249 e. The topological polar surface area (TPSA) is 101 Å². The number of piperidine rings is 1. The van der Waals surface area contributed by atoms with E-state index in [4.69, 9.17) is 5.73 Å². The molecule has 0 aromatic heterocycles. The third kappa shape index (κ3) is 4.19. The van der Waals surface area contributed by atoms with E-state index in [1.165, 1.54) is 0 Å². The Labute approximate surface area is 128 Å². The van der Waals surface area contributed by atoms with Crippen LogP contribution in [0.5, 0.6) is 0 Å².